The average Bonchev–Trinajstić information content (AvgIpc) is 2.32. The van der Waals surface area contributed by atoms with Crippen LogP contribution >= 0.6 is 0 Å². The van der Waals surface area contributed by atoms with Crippen LogP contribution in [0.2, 0.25) is 0 Å². The van der Waals surface area contributed by atoms with E-state index in [0.29, 0.717) is 0 Å². The maximum absolute atomic E-state index is 9.52. The molecular formula is C9H15NO2. The third kappa shape index (κ3) is 1.26. The maximum atomic E-state index is 9.52. The number of rotatable bonds is 2. The molecule has 0 radical (unpaired) electrons. The first-order valence-electron chi connectivity index (χ1n) is 4.15. The van der Waals surface area contributed by atoms with Gasteiger partial charge in [0.1, 0.15) is 0 Å². The number of nitrogens with zero attached hydrogens (tertiary/aromatic N) is 1. The number of aromatic hydroxyl groups is 2. The summed E-state index contributed by atoms with van der Waals surface area (Å²) in [7, 11) is 1.64. The van der Waals surface area contributed by atoms with Gasteiger partial charge in [-0.15, -0.1) is 0 Å². The lowest BCUT2D eigenvalue weighted by Gasteiger charge is -2.06. The molecular weight excluding hydrogens is 154 g/mol. The van der Waals surface area contributed by atoms with Crippen molar-refractivity contribution in [2.24, 2.45) is 7.05 Å². The van der Waals surface area contributed by atoms with E-state index >= 15 is 0 Å². The molecule has 68 valence electrons. The molecule has 0 spiro atoms. The molecule has 1 aromatic heterocycles. The predicted molar refractivity (Wildman–Crippen MR) is 47.4 cm³/mol. The van der Waals surface area contributed by atoms with Crippen molar-refractivity contribution >= 4 is 0 Å². The summed E-state index contributed by atoms with van der Waals surface area (Å²) in [6.45, 7) is 4.07. The zero-order valence-corrected chi connectivity index (χ0v) is 7.70. The van der Waals surface area contributed by atoms with Crippen LogP contribution in [0.5, 0.6) is 11.8 Å². The average molecular weight is 169 g/mol. The topological polar surface area (TPSA) is 45.4 Å². The van der Waals surface area contributed by atoms with Crippen molar-refractivity contribution in [3.8, 4) is 11.8 Å². The quantitative estimate of drug-likeness (QED) is 0.710. The van der Waals surface area contributed by atoms with Crippen molar-refractivity contribution < 1.29 is 10.2 Å². The Labute approximate surface area is 72.3 Å². The fourth-order valence-electron chi connectivity index (χ4n) is 1.19. The van der Waals surface area contributed by atoms with Gasteiger partial charge in [-0.05, 0) is 12.3 Å². The Balaban J connectivity index is 3.08. The van der Waals surface area contributed by atoms with Crippen LogP contribution in [-0.4, -0.2) is 14.8 Å². The van der Waals surface area contributed by atoms with Gasteiger partial charge in [0.15, 0.2) is 11.8 Å². The first-order valence-corrected chi connectivity index (χ1v) is 4.15. The number of hydrogen-bond acceptors (Lipinski definition) is 2. The molecule has 1 unspecified atom stereocenters. The summed E-state index contributed by atoms with van der Waals surface area (Å²) in [5.41, 5.74) is 0.817. The van der Waals surface area contributed by atoms with E-state index in [9.17, 15) is 10.2 Å². The lowest BCUT2D eigenvalue weighted by molar-refractivity contribution is 0.383. The molecule has 12 heavy (non-hydrogen) atoms. The van der Waals surface area contributed by atoms with Gasteiger partial charge >= 0.3 is 0 Å². The van der Waals surface area contributed by atoms with Crippen LogP contribution in [0, 0.1) is 0 Å². The van der Waals surface area contributed by atoms with Gasteiger partial charge in [0.25, 0.3) is 0 Å². The highest BCUT2D eigenvalue weighted by Crippen LogP contribution is 2.33. The molecule has 0 amide bonds. The molecule has 0 aliphatic carbocycles. The zero-order chi connectivity index (χ0) is 9.30. The van der Waals surface area contributed by atoms with E-state index in [-0.39, 0.29) is 17.7 Å². The molecule has 0 aromatic carbocycles. The molecule has 1 heterocycles. The summed E-state index contributed by atoms with van der Waals surface area (Å²) in [5, 5.41) is 18.8. The summed E-state index contributed by atoms with van der Waals surface area (Å²) in [5.74, 6) is 0.571. The Kier molecular flexibility index (Phi) is 2.31. The van der Waals surface area contributed by atoms with Gasteiger partial charge in [0, 0.05) is 18.7 Å². The van der Waals surface area contributed by atoms with Crippen molar-refractivity contribution in [3.05, 3.63) is 11.6 Å². The number of aromatic nitrogens is 1. The maximum Gasteiger partial charge on any atom is 0.197 e. The molecule has 3 nitrogen and oxygen atoms in total. The summed E-state index contributed by atoms with van der Waals surface area (Å²) < 4.78 is 1.38. The summed E-state index contributed by atoms with van der Waals surface area (Å²) in [4.78, 5) is 0. The molecule has 1 rings (SSSR count). The van der Waals surface area contributed by atoms with Crippen LogP contribution in [0.3, 0.4) is 0 Å². The highest BCUT2D eigenvalue weighted by Gasteiger charge is 2.14. The fraction of sp³-hybridized carbons (Fsp3) is 0.556. The second-order valence-corrected chi connectivity index (χ2v) is 3.15. The Morgan fingerprint density at radius 3 is 2.42 bits per heavy atom. The van der Waals surface area contributed by atoms with Crippen LogP contribution in [0.15, 0.2) is 6.07 Å². The molecule has 0 saturated carbocycles. The minimum atomic E-state index is 0.114. The van der Waals surface area contributed by atoms with Crippen LogP contribution in [0.4, 0.5) is 0 Å². The van der Waals surface area contributed by atoms with Crippen LogP contribution < -0.4 is 0 Å². The van der Waals surface area contributed by atoms with Gasteiger partial charge in [0.05, 0.1) is 0 Å². The molecule has 0 saturated heterocycles. The van der Waals surface area contributed by atoms with Crippen LogP contribution in [0.25, 0.3) is 0 Å². The van der Waals surface area contributed by atoms with Crippen LogP contribution in [-0.2, 0) is 7.05 Å². The van der Waals surface area contributed by atoms with Gasteiger partial charge in [0.2, 0.25) is 0 Å². The third-order valence-electron chi connectivity index (χ3n) is 2.35. The SMILES string of the molecule is CCC(C)c1cc(O)n(C)c1O. The zero-order valence-electron chi connectivity index (χ0n) is 7.70. The summed E-state index contributed by atoms with van der Waals surface area (Å²) in [6, 6.07) is 1.61. The van der Waals surface area contributed by atoms with E-state index in [4.69, 9.17) is 0 Å². The number of hydrogen-bond donors (Lipinski definition) is 2. The largest absolute Gasteiger partial charge is 0.494 e. The van der Waals surface area contributed by atoms with Gasteiger partial charge in [-0.25, -0.2) is 0 Å². The molecule has 0 aliphatic rings. The second-order valence-electron chi connectivity index (χ2n) is 3.15. The van der Waals surface area contributed by atoms with Crippen molar-refractivity contribution in [1.82, 2.24) is 4.57 Å². The molecule has 3 heteroatoms. The summed E-state index contributed by atoms with van der Waals surface area (Å²) >= 11 is 0. The molecule has 0 bridgehead atoms. The molecule has 0 aliphatic heterocycles. The Morgan fingerprint density at radius 2 is 2.08 bits per heavy atom. The lowest BCUT2D eigenvalue weighted by Crippen LogP contribution is -1.90. The van der Waals surface area contributed by atoms with E-state index in [1.54, 1.807) is 13.1 Å². The second kappa shape index (κ2) is 3.09. The van der Waals surface area contributed by atoms with Crippen LogP contribution in [0.1, 0.15) is 31.7 Å². The lowest BCUT2D eigenvalue weighted by atomic mass is 10.0. The highest BCUT2D eigenvalue weighted by molar-refractivity contribution is 5.37. The fourth-order valence-corrected chi connectivity index (χ4v) is 1.19. The van der Waals surface area contributed by atoms with Crippen molar-refractivity contribution in [3.63, 3.8) is 0 Å². The minimum Gasteiger partial charge on any atom is -0.494 e. The van der Waals surface area contributed by atoms with Crippen molar-refractivity contribution in [1.29, 1.82) is 0 Å². The predicted octanol–water partition coefficient (Wildman–Crippen LogP) is 1.95. The molecule has 0 fully saturated rings. The van der Waals surface area contributed by atoms with Gasteiger partial charge < -0.3 is 10.2 Å². The van der Waals surface area contributed by atoms with Gasteiger partial charge in [-0.2, -0.15) is 0 Å². The van der Waals surface area contributed by atoms with E-state index in [1.165, 1.54) is 4.57 Å². The normalized spacial score (nSPS) is 13.2. The molecule has 2 N–H and O–H groups in total. The standard InChI is InChI=1S/C9H15NO2/c1-4-6(2)7-5-8(11)10(3)9(7)12/h5-6,11-12H,4H2,1-3H3. The Morgan fingerprint density at radius 1 is 1.50 bits per heavy atom. The van der Waals surface area contributed by atoms with Gasteiger partial charge in [-0.3, -0.25) is 4.57 Å². The first-order chi connectivity index (χ1) is 5.57. The third-order valence-corrected chi connectivity index (χ3v) is 2.35. The van der Waals surface area contributed by atoms with E-state index in [1.807, 2.05) is 13.8 Å². The van der Waals surface area contributed by atoms with E-state index in [2.05, 4.69) is 0 Å². The minimum absolute atomic E-state index is 0.114. The van der Waals surface area contributed by atoms with E-state index in [0.717, 1.165) is 12.0 Å². The van der Waals surface area contributed by atoms with Crippen molar-refractivity contribution in [2.75, 3.05) is 0 Å². The van der Waals surface area contributed by atoms with E-state index < -0.39 is 0 Å². The van der Waals surface area contributed by atoms with Crippen molar-refractivity contribution in [2.45, 2.75) is 26.2 Å². The van der Waals surface area contributed by atoms with Gasteiger partial charge in [-0.1, -0.05) is 13.8 Å². The summed E-state index contributed by atoms with van der Waals surface area (Å²) in [6.07, 6.45) is 0.955. The molecule has 1 atom stereocenters. The Hall–Kier alpha value is -1.12. The first kappa shape index (κ1) is 8.97. The monoisotopic (exact) mass is 169 g/mol. The smallest absolute Gasteiger partial charge is 0.197 e. The highest BCUT2D eigenvalue weighted by atomic mass is 16.3. The molecule has 1 aromatic rings. The Bertz CT molecular complexity index is 278.